The van der Waals surface area contributed by atoms with E-state index in [1.807, 2.05) is 4.90 Å². The highest BCUT2D eigenvalue weighted by atomic mass is 19.4. The third-order valence-corrected chi connectivity index (χ3v) is 9.52. The highest BCUT2D eigenvalue weighted by Gasteiger charge is 2.59. The number of nitrogens with zero attached hydrogens (tertiary/aromatic N) is 3. The van der Waals surface area contributed by atoms with Crippen molar-refractivity contribution in [2.45, 2.75) is 82.2 Å². The molecule has 9 heteroatoms. The van der Waals surface area contributed by atoms with Crippen LogP contribution in [-0.4, -0.2) is 66.3 Å². The number of rotatable bonds is 4. The molecule has 35 heavy (non-hydrogen) atoms. The molecule has 0 radical (unpaired) electrons. The number of carbonyl (C=O) groups is 1. The lowest BCUT2D eigenvalue weighted by atomic mass is 9.78. The first kappa shape index (κ1) is 23.5. The number of hydrogen-bond acceptors (Lipinski definition) is 5. The van der Waals surface area contributed by atoms with Crippen molar-refractivity contribution < 1.29 is 22.7 Å². The van der Waals surface area contributed by atoms with Crippen LogP contribution in [0.1, 0.15) is 57.4 Å². The molecule has 5 fully saturated rings. The Morgan fingerprint density at radius 1 is 1.23 bits per heavy atom. The van der Waals surface area contributed by atoms with Crippen LogP contribution in [-0.2, 0) is 15.7 Å². The number of alkyl halides is 3. The number of hydrogen-bond donors (Lipinski definition) is 1. The maximum Gasteiger partial charge on any atom is 0.416 e. The molecular formula is C26H35F3N4O2. The smallest absolute Gasteiger partial charge is 0.381 e. The first-order valence-corrected chi connectivity index (χ1v) is 13.2. The Morgan fingerprint density at radius 3 is 2.83 bits per heavy atom. The van der Waals surface area contributed by atoms with Gasteiger partial charge >= 0.3 is 6.18 Å². The Labute approximate surface area is 204 Å². The van der Waals surface area contributed by atoms with E-state index in [2.05, 4.69) is 22.1 Å². The van der Waals surface area contributed by atoms with Crippen molar-refractivity contribution in [2.24, 2.45) is 17.3 Å². The van der Waals surface area contributed by atoms with Crippen LogP contribution >= 0.6 is 0 Å². The number of anilines is 1. The molecule has 6 nitrogen and oxygen atoms in total. The minimum Gasteiger partial charge on any atom is -0.381 e. The zero-order valence-electron chi connectivity index (χ0n) is 20.3. The second-order valence-electron chi connectivity index (χ2n) is 11.5. The average Bonchev–Trinajstić information content (AvgIpc) is 3.59. The molecule has 1 N–H and O–H groups in total. The average molecular weight is 493 g/mol. The van der Waals surface area contributed by atoms with Crippen LogP contribution < -0.4 is 10.2 Å². The Morgan fingerprint density at radius 2 is 2.09 bits per heavy atom. The van der Waals surface area contributed by atoms with Gasteiger partial charge in [-0.05, 0) is 62.5 Å². The summed E-state index contributed by atoms with van der Waals surface area (Å²) in [7, 11) is 0. The van der Waals surface area contributed by atoms with Crippen molar-refractivity contribution in [3.8, 4) is 0 Å². The Kier molecular flexibility index (Phi) is 5.79. The first-order valence-electron chi connectivity index (χ1n) is 13.2. The summed E-state index contributed by atoms with van der Waals surface area (Å²) in [4.78, 5) is 22.3. The van der Waals surface area contributed by atoms with E-state index in [0.717, 1.165) is 70.3 Å². The van der Waals surface area contributed by atoms with Gasteiger partial charge in [0, 0.05) is 38.0 Å². The molecule has 3 saturated heterocycles. The van der Waals surface area contributed by atoms with E-state index in [0.29, 0.717) is 48.7 Å². The number of carbonyl (C=O) groups excluding carboxylic acids is 1. The topological polar surface area (TPSA) is 57.7 Å². The zero-order chi connectivity index (χ0) is 24.4. The van der Waals surface area contributed by atoms with Crippen LogP contribution in [0.2, 0.25) is 0 Å². The van der Waals surface area contributed by atoms with Gasteiger partial charge in [0.1, 0.15) is 5.82 Å². The van der Waals surface area contributed by atoms with E-state index in [4.69, 9.17) is 4.74 Å². The lowest BCUT2D eigenvalue weighted by Crippen LogP contribution is -2.54. The van der Waals surface area contributed by atoms with Crippen LogP contribution in [0.3, 0.4) is 0 Å². The third kappa shape index (κ3) is 4.02. The molecule has 5 aliphatic rings. The summed E-state index contributed by atoms with van der Waals surface area (Å²) < 4.78 is 45.2. The molecule has 0 spiro atoms. The summed E-state index contributed by atoms with van der Waals surface area (Å²) in [6.45, 7) is 4.99. The molecular weight excluding hydrogens is 457 g/mol. The van der Waals surface area contributed by atoms with Crippen LogP contribution in [0.5, 0.6) is 0 Å². The first-order chi connectivity index (χ1) is 16.7. The van der Waals surface area contributed by atoms with E-state index >= 15 is 0 Å². The molecule has 4 heterocycles. The van der Waals surface area contributed by atoms with Gasteiger partial charge in [0.05, 0.1) is 29.7 Å². The van der Waals surface area contributed by atoms with Crippen molar-refractivity contribution in [3.05, 3.63) is 23.9 Å². The van der Waals surface area contributed by atoms with Gasteiger partial charge in [0.25, 0.3) is 0 Å². The Balaban J connectivity index is 1.14. The van der Waals surface area contributed by atoms with E-state index in [1.54, 1.807) is 0 Å². The molecule has 6 rings (SSSR count). The fourth-order valence-corrected chi connectivity index (χ4v) is 7.78. The van der Waals surface area contributed by atoms with Gasteiger partial charge < -0.3 is 19.9 Å². The minimum atomic E-state index is -4.38. The molecule has 0 unspecified atom stereocenters. The molecule has 1 amide bonds. The van der Waals surface area contributed by atoms with Gasteiger partial charge in [0.2, 0.25) is 5.91 Å². The number of pyridine rings is 1. The summed E-state index contributed by atoms with van der Waals surface area (Å²) in [6.07, 6.45) is 3.86. The van der Waals surface area contributed by atoms with Crippen molar-refractivity contribution in [2.75, 3.05) is 31.2 Å². The maximum absolute atomic E-state index is 14.1. The summed E-state index contributed by atoms with van der Waals surface area (Å²) in [6, 6.07) is 3.08. The van der Waals surface area contributed by atoms with Gasteiger partial charge in [0.15, 0.2) is 0 Å². The molecule has 7 atom stereocenters. The predicted octanol–water partition coefficient (Wildman–Crippen LogP) is 3.85. The summed E-state index contributed by atoms with van der Waals surface area (Å²) in [5, 5.41) is 3.89. The third-order valence-electron chi connectivity index (χ3n) is 9.52. The van der Waals surface area contributed by atoms with Gasteiger partial charge in [-0.1, -0.05) is 13.3 Å². The lowest BCUT2D eigenvalue weighted by Gasteiger charge is -2.40. The number of nitrogens with one attached hydrogen (secondary N) is 1. The summed E-state index contributed by atoms with van der Waals surface area (Å²) in [5.74, 6) is 1.59. The number of amides is 1. The van der Waals surface area contributed by atoms with Crippen LogP contribution in [0.4, 0.5) is 19.0 Å². The normalized spacial score (nSPS) is 38.9. The van der Waals surface area contributed by atoms with Gasteiger partial charge in [-0.25, -0.2) is 4.98 Å². The summed E-state index contributed by atoms with van der Waals surface area (Å²) >= 11 is 0. The zero-order valence-corrected chi connectivity index (χ0v) is 20.3. The highest BCUT2D eigenvalue weighted by molar-refractivity contribution is 5.85. The molecule has 2 saturated carbocycles. The second kappa shape index (κ2) is 8.61. The molecule has 0 aromatic carbocycles. The van der Waals surface area contributed by atoms with E-state index in [9.17, 15) is 18.0 Å². The van der Waals surface area contributed by atoms with E-state index < -0.39 is 11.7 Å². The highest BCUT2D eigenvalue weighted by Crippen LogP contribution is 2.56. The molecule has 192 valence electrons. The lowest BCUT2D eigenvalue weighted by molar-refractivity contribution is -0.144. The van der Waals surface area contributed by atoms with Crippen LogP contribution in [0.15, 0.2) is 18.3 Å². The standard InChI is InChI=1S/C26H35F3N4O2/c1-16-15-35-8-5-22(16)31-19-9-17-3-2-6-25(17,12-19)24(34)33-14-20-11-21(33)13-32(20)23-10-18(4-7-30-23)26(27,28)29/h4,7,10,16-17,19-22,31H,2-3,5-6,8-9,11-15H2,1H3/t16-,17+,19+,20+,21-,22+,25+/m0/s1. The number of piperazine rings is 1. The van der Waals surface area contributed by atoms with Gasteiger partial charge in [-0.3, -0.25) is 4.79 Å². The second-order valence-corrected chi connectivity index (χ2v) is 11.5. The van der Waals surface area contributed by atoms with Gasteiger partial charge in [-0.15, -0.1) is 0 Å². The van der Waals surface area contributed by atoms with Crippen LogP contribution in [0.25, 0.3) is 0 Å². The number of fused-ring (bicyclic) bond motifs is 3. The minimum absolute atomic E-state index is 0.0367. The van der Waals surface area contributed by atoms with Crippen molar-refractivity contribution in [1.29, 1.82) is 0 Å². The largest absolute Gasteiger partial charge is 0.416 e. The van der Waals surface area contributed by atoms with Crippen molar-refractivity contribution in [1.82, 2.24) is 15.2 Å². The Hall–Kier alpha value is -1.87. The van der Waals surface area contributed by atoms with Gasteiger partial charge in [-0.2, -0.15) is 13.2 Å². The predicted molar refractivity (Wildman–Crippen MR) is 125 cm³/mol. The van der Waals surface area contributed by atoms with Crippen molar-refractivity contribution >= 4 is 11.7 Å². The van der Waals surface area contributed by atoms with Crippen LogP contribution in [0, 0.1) is 17.3 Å². The summed E-state index contributed by atoms with van der Waals surface area (Å²) in [5.41, 5.74) is -0.940. The fraction of sp³-hybridized carbons (Fsp3) is 0.769. The Bertz CT molecular complexity index is 974. The number of aromatic nitrogens is 1. The monoisotopic (exact) mass is 492 g/mol. The van der Waals surface area contributed by atoms with E-state index in [1.165, 1.54) is 6.20 Å². The molecule has 1 aromatic heterocycles. The maximum atomic E-state index is 14.1. The number of likely N-dealkylation sites (tertiary alicyclic amines) is 1. The quantitative estimate of drug-likeness (QED) is 0.692. The molecule has 3 aliphatic heterocycles. The van der Waals surface area contributed by atoms with Crippen molar-refractivity contribution in [3.63, 3.8) is 0 Å². The number of halogens is 3. The van der Waals surface area contributed by atoms with E-state index in [-0.39, 0.29) is 17.5 Å². The molecule has 1 aromatic rings. The SMILES string of the molecule is C[C@H]1COCC[C@H]1N[C@@H]1C[C@H]2CCC[C@@]2(C(=O)N2C[C@H]3C[C@H]2CN3c2cc(C(F)(F)F)ccn2)C1. The molecule has 2 aliphatic carbocycles. The molecule has 2 bridgehead atoms. The fourth-order valence-electron chi connectivity index (χ4n) is 7.78. The number of ether oxygens (including phenoxy) is 1.